The van der Waals surface area contributed by atoms with Crippen molar-refractivity contribution in [3.05, 3.63) is 34.4 Å². The molecule has 8 heteroatoms. The van der Waals surface area contributed by atoms with Crippen LogP contribution in [0.15, 0.2) is 29.2 Å². The first kappa shape index (κ1) is 14.6. The predicted molar refractivity (Wildman–Crippen MR) is 66.5 cm³/mol. The van der Waals surface area contributed by atoms with Gasteiger partial charge in [0.2, 0.25) is 9.84 Å². The second kappa shape index (κ2) is 5.42. The van der Waals surface area contributed by atoms with Gasteiger partial charge in [-0.3, -0.25) is 10.1 Å². The van der Waals surface area contributed by atoms with Gasteiger partial charge in [-0.15, -0.1) is 0 Å². The van der Waals surface area contributed by atoms with Gasteiger partial charge in [0.25, 0.3) is 5.69 Å². The molecule has 0 amide bonds. The number of nitro groups is 1. The molecule has 0 spiro atoms. The van der Waals surface area contributed by atoms with Gasteiger partial charge in [0.05, 0.1) is 4.92 Å². The van der Waals surface area contributed by atoms with Crippen LogP contribution in [0.5, 0.6) is 0 Å². The average molecular weight is 273 g/mol. The number of sulfone groups is 1. The molecule has 100 valence electrons. The van der Waals surface area contributed by atoms with Gasteiger partial charge in [0.1, 0.15) is 10.3 Å². The molecule has 0 saturated carbocycles. The van der Waals surface area contributed by atoms with Crippen LogP contribution in [0.3, 0.4) is 0 Å². The summed E-state index contributed by atoms with van der Waals surface area (Å²) in [5.41, 5.74) is 10.6. The number of para-hydroxylation sites is 1. The van der Waals surface area contributed by atoms with Gasteiger partial charge in [-0.1, -0.05) is 12.1 Å². The van der Waals surface area contributed by atoms with E-state index < -0.39 is 31.9 Å². The van der Waals surface area contributed by atoms with Crippen LogP contribution >= 0.6 is 0 Å². The number of hydrogen-bond donors (Lipinski definition) is 2. The second-order valence-electron chi connectivity index (χ2n) is 4.02. The lowest BCUT2D eigenvalue weighted by atomic mass is 10.2. The first-order valence-electron chi connectivity index (χ1n) is 5.25. The molecular weight excluding hydrogens is 258 g/mol. The zero-order chi connectivity index (χ0) is 13.9. The Morgan fingerprint density at radius 2 is 1.89 bits per heavy atom. The van der Waals surface area contributed by atoms with Crippen molar-refractivity contribution in [3.63, 3.8) is 0 Å². The lowest BCUT2D eigenvalue weighted by Crippen LogP contribution is -2.36. The van der Waals surface area contributed by atoms with Crippen molar-refractivity contribution in [1.29, 1.82) is 0 Å². The van der Waals surface area contributed by atoms with Crippen molar-refractivity contribution in [3.8, 4) is 0 Å². The lowest BCUT2D eigenvalue weighted by molar-refractivity contribution is -0.387. The summed E-state index contributed by atoms with van der Waals surface area (Å²) in [6.45, 7) is 1.62. The minimum Gasteiger partial charge on any atom is -0.328 e. The third-order valence-electron chi connectivity index (χ3n) is 2.37. The van der Waals surface area contributed by atoms with Gasteiger partial charge in [0.15, 0.2) is 0 Å². The lowest BCUT2D eigenvalue weighted by Gasteiger charge is -2.14. The van der Waals surface area contributed by atoms with Gasteiger partial charge in [-0.25, -0.2) is 8.42 Å². The highest BCUT2D eigenvalue weighted by atomic mass is 32.2. The largest absolute Gasteiger partial charge is 0.328 e. The molecule has 0 aromatic heterocycles. The Bertz CT molecular complexity index is 542. The summed E-state index contributed by atoms with van der Waals surface area (Å²) in [7, 11) is -3.95. The SMILES string of the molecule is CC(N)CC(N)S(=O)(=O)c1ccccc1[N+](=O)[O-]. The molecular formula is C10H15N3O4S. The van der Waals surface area contributed by atoms with E-state index >= 15 is 0 Å². The summed E-state index contributed by atoms with van der Waals surface area (Å²) in [5.74, 6) is 0. The van der Waals surface area contributed by atoms with Crippen LogP contribution in [0, 0.1) is 10.1 Å². The smallest absolute Gasteiger partial charge is 0.288 e. The van der Waals surface area contributed by atoms with Crippen molar-refractivity contribution < 1.29 is 13.3 Å². The van der Waals surface area contributed by atoms with Gasteiger partial charge in [-0.2, -0.15) is 0 Å². The van der Waals surface area contributed by atoms with E-state index in [2.05, 4.69) is 0 Å². The molecule has 0 aliphatic rings. The van der Waals surface area contributed by atoms with Gasteiger partial charge in [0, 0.05) is 12.1 Å². The standard InChI is InChI=1S/C10H15N3O4S/c1-7(11)6-10(12)18(16,17)9-5-3-2-4-8(9)13(14)15/h2-5,7,10H,6,11-12H2,1H3. The molecule has 0 saturated heterocycles. The van der Waals surface area contributed by atoms with E-state index in [1.165, 1.54) is 18.2 Å². The first-order valence-corrected chi connectivity index (χ1v) is 6.80. The summed E-state index contributed by atoms with van der Waals surface area (Å²) < 4.78 is 24.2. The minimum absolute atomic E-state index is 0.0361. The van der Waals surface area contributed by atoms with Crippen molar-refractivity contribution in [1.82, 2.24) is 0 Å². The van der Waals surface area contributed by atoms with Crippen LogP contribution in [-0.2, 0) is 9.84 Å². The second-order valence-corrected chi connectivity index (χ2v) is 6.16. The molecule has 0 bridgehead atoms. The first-order chi connectivity index (χ1) is 8.26. The molecule has 0 aliphatic carbocycles. The monoisotopic (exact) mass is 273 g/mol. The van der Waals surface area contributed by atoms with Crippen molar-refractivity contribution >= 4 is 15.5 Å². The molecule has 0 radical (unpaired) electrons. The number of hydrogen-bond acceptors (Lipinski definition) is 6. The zero-order valence-corrected chi connectivity index (χ0v) is 10.6. The summed E-state index contributed by atoms with van der Waals surface area (Å²) in [6.07, 6.45) is 0.0361. The molecule has 4 N–H and O–H groups in total. The molecule has 2 atom stereocenters. The maximum absolute atomic E-state index is 12.1. The molecule has 18 heavy (non-hydrogen) atoms. The van der Waals surface area contributed by atoms with Gasteiger partial charge >= 0.3 is 0 Å². The van der Waals surface area contributed by atoms with E-state index in [1.807, 2.05) is 0 Å². The third-order valence-corrected chi connectivity index (χ3v) is 4.32. The zero-order valence-electron chi connectivity index (χ0n) is 9.81. The number of rotatable bonds is 5. The van der Waals surface area contributed by atoms with Crippen LogP contribution in [0.1, 0.15) is 13.3 Å². The van der Waals surface area contributed by atoms with Crippen LogP contribution in [0.4, 0.5) is 5.69 Å². The van der Waals surface area contributed by atoms with Crippen LogP contribution in [-0.4, -0.2) is 24.8 Å². The van der Waals surface area contributed by atoms with Crippen molar-refractivity contribution in [2.24, 2.45) is 11.5 Å². The normalized spacial score (nSPS) is 15.1. The molecule has 1 aromatic rings. The minimum atomic E-state index is -3.95. The van der Waals surface area contributed by atoms with Crippen molar-refractivity contribution in [2.75, 3.05) is 0 Å². The summed E-state index contributed by atoms with van der Waals surface area (Å²) in [4.78, 5) is 9.67. The van der Waals surface area contributed by atoms with Crippen LogP contribution < -0.4 is 11.5 Å². The Hall–Kier alpha value is -1.51. The molecule has 0 heterocycles. The van der Waals surface area contributed by atoms with Crippen LogP contribution in [0.2, 0.25) is 0 Å². The van der Waals surface area contributed by atoms with E-state index in [-0.39, 0.29) is 11.3 Å². The van der Waals surface area contributed by atoms with E-state index in [4.69, 9.17) is 11.5 Å². The molecule has 0 fully saturated rings. The Labute approximate surface area is 105 Å². The quantitative estimate of drug-likeness (QED) is 0.589. The number of benzene rings is 1. The molecule has 1 aromatic carbocycles. The predicted octanol–water partition coefficient (Wildman–Crippen LogP) is 0.391. The highest BCUT2D eigenvalue weighted by molar-refractivity contribution is 7.92. The van der Waals surface area contributed by atoms with Gasteiger partial charge < -0.3 is 11.5 Å². The van der Waals surface area contributed by atoms with Crippen LogP contribution in [0.25, 0.3) is 0 Å². The Morgan fingerprint density at radius 1 is 1.33 bits per heavy atom. The molecule has 0 aliphatic heterocycles. The van der Waals surface area contributed by atoms with Crippen molar-refractivity contribution in [2.45, 2.75) is 29.7 Å². The van der Waals surface area contributed by atoms with E-state index in [1.54, 1.807) is 6.92 Å². The average Bonchev–Trinajstić information content (AvgIpc) is 2.28. The molecule has 1 rings (SSSR count). The fourth-order valence-corrected chi connectivity index (χ4v) is 3.09. The summed E-state index contributed by atoms with van der Waals surface area (Å²) in [6, 6.07) is 4.71. The Morgan fingerprint density at radius 3 is 2.39 bits per heavy atom. The van der Waals surface area contributed by atoms with E-state index in [9.17, 15) is 18.5 Å². The fraction of sp³-hybridized carbons (Fsp3) is 0.400. The summed E-state index contributed by atoms with van der Waals surface area (Å²) in [5, 5.41) is 9.54. The number of nitro benzene ring substituents is 1. The highest BCUT2D eigenvalue weighted by Crippen LogP contribution is 2.26. The maximum atomic E-state index is 12.1. The van der Waals surface area contributed by atoms with E-state index in [0.717, 1.165) is 6.07 Å². The van der Waals surface area contributed by atoms with Gasteiger partial charge in [-0.05, 0) is 19.4 Å². The fourth-order valence-electron chi connectivity index (χ4n) is 1.50. The Kier molecular flexibility index (Phi) is 4.38. The molecule has 7 nitrogen and oxygen atoms in total. The number of nitrogens with two attached hydrogens (primary N) is 2. The topological polar surface area (TPSA) is 129 Å². The maximum Gasteiger partial charge on any atom is 0.288 e. The summed E-state index contributed by atoms with van der Waals surface area (Å²) >= 11 is 0. The Balaban J connectivity index is 3.24. The molecule has 2 unspecified atom stereocenters. The highest BCUT2D eigenvalue weighted by Gasteiger charge is 2.31. The third kappa shape index (κ3) is 3.03. The number of nitrogens with zero attached hydrogens (tertiary/aromatic N) is 1. The van der Waals surface area contributed by atoms with E-state index in [0.29, 0.717) is 0 Å².